The van der Waals surface area contributed by atoms with Crippen molar-refractivity contribution < 1.29 is 61.6 Å². The molecule has 70 heavy (non-hydrogen) atoms. The lowest BCUT2D eigenvalue weighted by molar-refractivity contribution is -0.0285. The Bertz CT molecular complexity index is 1090. The highest BCUT2D eigenvalue weighted by Gasteiger charge is 2.01. The fourth-order valence-electron chi connectivity index (χ4n) is 7.53. The molecule has 13 heteroatoms. The zero-order chi connectivity index (χ0) is 49.8. The Labute approximate surface area is 429 Å². The molecule has 0 atom stereocenters. The topological polar surface area (TPSA) is 120 Å². The van der Waals surface area contributed by atoms with Crippen molar-refractivity contribution in [2.75, 3.05) is 165 Å². The Morgan fingerprint density at radius 1 is 0.214 bits per heavy atom. The number of hydrogen-bond acceptors (Lipinski definition) is 13. The normalized spacial score (nSPS) is 11.6. The molecule has 0 saturated heterocycles. The number of rotatable bonds is 62. The van der Waals surface area contributed by atoms with Crippen molar-refractivity contribution in [2.24, 2.45) is 0 Å². The van der Waals surface area contributed by atoms with Gasteiger partial charge in [-0.15, -0.1) is 0 Å². The predicted octanol–water partition coefficient (Wildman–Crippen LogP) is 11.8. The number of ether oxygens (including phenoxy) is 13. The average molecular weight is 1000 g/mol. The monoisotopic (exact) mass is 1000 g/mol. The first-order valence-corrected chi connectivity index (χ1v) is 28.5. The van der Waals surface area contributed by atoms with Gasteiger partial charge in [-0.2, -0.15) is 0 Å². The van der Waals surface area contributed by atoms with E-state index in [1.807, 2.05) is 0 Å². The van der Waals surface area contributed by atoms with Gasteiger partial charge in [0.05, 0.1) is 152 Å². The molecule has 1 aromatic carbocycles. The maximum atomic E-state index is 5.80. The van der Waals surface area contributed by atoms with Crippen LogP contribution < -0.4 is 4.74 Å². The molecule has 0 saturated carbocycles. The summed E-state index contributed by atoms with van der Waals surface area (Å²) in [5, 5.41) is 0. The zero-order valence-electron chi connectivity index (χ0n) is 45.3. The summed E-state index contributed by atoms with van der Waals surface area (Å²) in [6, 6.07) is 8.47. The Hall–Kier alpha value is -1.46. The van der Waals surface area contributed by atoms with Crippen LogP contribution in [0.5, 0.6) is 5.75 Å². The molecule has 0 bridgehead atoms. The molecular weight excluding hydrogens is 893 g/mol. The molecule has 0 fully saturated rings. The Balaban J connectivity index is 1.63. The number of hydrogen-bond donors (Lipinski definition) is 0. The summed E-state index contributed by atoms with van der Waals surface area (Å²) in [7, 11) is 0. The molecule has 0 spiro atoms. The first-order valence-electron chi connectivity index (χ1n) is 28.5. The van der Waals surface area contributed by atoms with Crippen LogP contribution in [0.4, 0.5) is 0 Å². The van der Waals surface area contributed by atoms with Crippen molar-refractivity contribution in [1.82, 2.24) is 0 Å². The summed E-state index contributed by atoms with van der Waals surface area (Å²) in [5.41, 5.74) is 1.38. The van der Waals surface area contributed by atoms with E-state index in [0.717, 1.165) is 25.2 Å². The number of benzene rings is 1. The first-order chi connectivity index (χ1) is 34.9. The van der Waals surface area contributed by atoms with Crippen LogP contribution in [0.25, 0.3) is 0 Å². The lowest BCUT2D eigenvalue weighted by Gasteiger charge is -2.09. The molecule has 0 unspecified atom stereocenters. The smallest absolute Gasteiger partial charge is 0.119 e. The molecule has 0 aliphatic rings. The van der Waals surface area contributed by atoms with Gasteiger partial charge in [0.15, 0.2) is 0 Å². The molecule has 0 aliphatic carbocycles. The van der Waals surface area contributed by atoms with Gasteiger partial charge in [-0.05, 0) is 37.0 Å². The Morgan fingerprint density at radius 3 is 0.700 bits per heavy atom. The van der Waals surface area contributed by atoms with Gasteiger partial charge in [-0.3, -0.25) is 0 Å². The molecule has 0 aromatic heterocycles. The van der Waals surface area contributed by atoms with Crippen molar-refractivity contribution in [2.45, 2.75) is 168 Å². The van der Waals surface area contributed by atoms with E-state index in [2.05, 4.69) is 38.1 Å². The van der Waals surface area contributed by atoms with Crippen LogP contribution in [0.1, 0.15) is 167 Å². The first kappa shape index (κ1) is 66.6. The van der Waals surface area contributed by atoms with E-state index in [9.17, 15) is 0 Å². The molecular formula is C57H108O13. The largest absolute Gasteiger partial charge is 0.491 e. The van der Waals surface area contributed by atoms with Gasteiger partial charge in [0.2, 0.25) is 0 Å². The second kappa shape index (κ2) is 60.1. The molecule has 0 aliphatic heterocycles. The van der Waals surface area contributed by atoms with Gasteiger partial charge < -0.3 is 61.6 Å². The van der Waals surface area contributed by atoms with Crippen LogP contribution in [0, 0.1) is 0 Å². The van der Waals surface area contributed by atoms with Crippen molar-refractivity contribution in [3.8, 4) is 5.75 Å². The van der Waals surface area contributed by atoms with E-state index in [-0.39, 0.29) is 0 Å². The maximum Gasteiger partial charge on any atom is 0.119 e. The fourth-order valence-corrected chi connectivity index (χ4v) is 7.53. The van der Waals surface area contributed by atoms with Crippen LogP contribution in [0.2, 0.25) is 0 Å². The van der Waals surface area contributed by atoms with Gasteiger partial charge in [-0.1, -0.05) is 161 Å². The Morgan fingerprint density at radius 2 is 0.429 bits per heavy atom. The van der Waals surface area contributed by atoms with E-state index in [1.165, 1.54) is 147 Å². The molecule has 13 nitrogen and oxygen atoms in total. The van der Waals surface area contributed by atoms with E-state index in [4.69, 9.17) is 61.6 Å². The number of aryl methyl sites for hydroxylation is 1. The second-order valence-corrected chi connectivity index (χ2v) is 18.0. The van der Waals surface area contributed by atoms with Crippen LogP contribution in [0.3, 0.4) is 0 Å². The summed E-state index contributed by atoms with van der Waals surface area (Å²) >= 11 is 0. The third kappa shape index (κ3) is 54.3. The molecule has 0 radical (unpaired) electrons. The van der Waals surface area contributed by atoms with E-state index >= 15 is 0 Å². The van der Waals surface area contributed by atoms with Crippen molar-refractivity contribution in [1.29, 1.82) is 0 Å². The van der Waals surface area contributed by atoms with Gasteiger partial charge in [0.1, 0.15) is 12.4 Å². The van der Waals surface area contributed by atoms with Crippen molar-refractivity contribution >= 4 is 0 Å². The van der Waals surface area contributed by atoms with Crippen LogP contribution in [0.15, 0.2) is 24.3 Å². The lowest BCUT2D eigenvalue weighted by atomic mass is 10.0. The van der Waals surface area contributed by atoms with E-state index in [1.54, 1.807) is 0 Å². The minimum atomic E-state index is 0.512. The highest BCUT2D eigenvalue weighted by Crippen LogP contribution is 2.16. The van der Waals surface area contributed by atoms with Crippen LogP contribution >= 0.6 is 0 Å². The minimum absolute atomic E-state index is 0.512. The quantitative estimate of drug-likeness (QED) is 0.0576. The molecule has 414 valence electrons. The van der Waals surface area contributed by atoms with Crippen LogP contribution in [-0.2, 0) is 63.3 Å². The van der Waals surface area contributed by atoms with E-state index < -0.39 is 0 Å². The molecule has 0 N–H and O–H groups in total. The molecule has 0 amide bonds. The van der Waals surface area contributed by atoms with E-state index in [0.29, 0.717) is 159 Å². The standard InChI is InChI=1S/C57H108O13/c1-3-5-7-9-11-12-13-14-15-16-17-18-19-21-23-25-31-58-32-33-59-34-35-60-36-37-61-38-39-62-40-41-63-42-43-64-44-45-65-46-47-66-48-49-67-50-51-68-52-53-69-54-55-70-57-29-27-56(28-30-57)26-24-22-20-10-8-6-4-2/h27-30H,3-26,31-55H2,1-2H3. The summed E-state index contributed by atoms with van der Waals surface area (Å²) < 4.78 is 72.7. The van der Waals surface area contributed by atoms with Gasteiger partial charge in [0.25, 0.3) is 0 Å². The SMILES string of the molecule is CCCCCCCCCCCCCCCCCCOCCOCCOCCOCCOCCOCCOCCOCCOCCOCCOCCOCCOc1ccc(CCCCCCCCC)cc1. The summed E-state index contributed by atoms with van der Waals surface area (Å²) in [6.07, 6.45) is 32.7. The van der Waals surface area contributed by atoms with Crippen molar-refractivity contribution in [3.63, 3.8) is 0 Å². The maximum absolute atomic E-state index is 5.80. The third-order valence-corrected chi connectivity index (χ3v) is 11.7. The molecule has 1 aromatic rings. The predicted molar refractivity (Wildman–Crippen MR) is 283 cm³/mol. The van der Waals surface area contributed by atoms with Gasteiger partial charge in [0, 0.05) is 6.61 Å². The second-order valence-electron chi connectivity index (χ2n) is 18.0. The highest BCUT2D eigenvalue weighted by atomic mass is 16.6. The summed E-state index contributed by atoms with van der Waals surface area (Å²) in [4.78, 5) is 0. The number of unbranched alkanes of at least 4 members (excludes halogenated alkanes) is 21. The lowest BCUT2D eigenvalue weighted by Crippen LogP contribution is -2.15. The zero-order valence-corrected chi connectivity index (χ0v) is 45.3. The van der Waals surface area contributed by atoms with Crippen LogP contribution in [-0.4, -0.2) is 165 Å². The van der Waals surface area contributed by atoms with Gasteiger partial charge >= 0.3 is 0 Å². The summed E-state index contributed by atoms with van der Waals surface area (Å²) in [5.74, 6) is 0.888. The Kier molecular flexibility index (Phi) is 57.1. The molecule has 0 heterocycles. The minimum Gasteiger partial charge on any atom is -0.491 e. The van der Waals surface area contributed by atoms with Gasteiger partial charge in [-0.25, -0.2) is 0 Å². The third-order valence-electron chi connectivity index (χ3n) is 11.7. The van der Waals surface area contributed by atoms with Crippen molar-refractivity contribution in [3.05, 3.63) is 29.8 Å². The summed E-state index contributed by atoms with van der Waals surface area (Å²) in [6.45, 7) is 18.2. The molecule has 1 rings (SSSR count). The highest BCUT2D eigenvalue weighted by molar-refractivity contribution is 5.27. The average Bonchev–Trinajstić information content (AvgIpc) is 3.38. The fraction of sp³-hybridized carbons (Fsp3) is 0.895.